The number of aliphatic hydroxyl groups excluding tert-OH is 3. The maximum absolute atomic E-state index is 11.4. The van der Waals surface area contributed by atoms with Crippen LogP contribution in [0.25, 0.3) is 11.4 Å². The molecule has 2 aromatic heterocycles. The number of rotatable bonds is 5. The molecule has 0 spiro atoms. The Labute approximate surface area is 192 Å². The standard InChI is InChI=1S/C18H16BrN5O5S2/c19-10-3-9(2-1-8(10)4-20)31-17-16(27)14(15(26)13(6-25)29-17)24-5-11(22-23-24)12-7-30-18(28)21-12/h1-3,5,7,13-17,25-27H,6H2,(H,21,28). The minimum absolute atomic E-state index is 0.235. The Morgan fingerprint density at radius 1 is 1.39 bits per heavy atom. The molecule has 3 aromatic rings. The molecular weight excluding hydrogens is 510 g/mol. The van der Waals surface area contributed by atoms with E-state index in [0.717, 1.165) is 16.2 Å². The van der Waals surface area contributed by atoms with Crippen molar-refractivity contribution in [1.29, 1.82) is 5.26 Å². The molecule has 4 rings (SSSR count). The largest absolute Gasteiger partial charge is 0.394 e. The van der Waals surface area contributed by atoms with Gasteiger partial charge in [0, 0.05) is 14.7 Å². The van der Waals surface area contributed by atoms with Crippen LogP contribution in [0.5, 0.6) is 0 Å². The Balaban J connectivity index is 1.61. The van der Waals surface area contributed by atoms with Crippen molar-refractivity contribution in [3.05, 3.63) is 49.5 Å². The number of nitriles is 1. The number of aromatic amines is 1. The molecule has 1 saturated heterocycles. The highest BCUT2D eigenvalue weighted by Crippen LogP contribution is 2.39. The number of thioether (sulfide) groups is 1. The van der Waals surface area contributed by atoms with Gasteiger partial charge in [-0.25, -0.2) is 4.68 Å². The van der Waals surface area contributed by atoms with Crippen LogP contribution in [-0.2, 0) is 4.74 Å². The minimum Gasteiger partial charge on any atom is -0.394 e. The second-order valence-electron chi connectivity index (χ2n) is 6.71. The molecule has 0 aliphatic carbocycles. The normalized spacial score (nSPS) is 26.0. The van der Waals surface area contributed by atoms with E-state index in [1.54, 1.807) is 23.6 Å². The molecule has 1 fully saturated rings. The van der Waals surface area contributed by atoms with Crippen LogP contribution in [-0.4, -0.2) is 65.7 Å². The van der Waals surface area contributed by atoms with Crippen LogP contribution in [0.4, 0.5) is 0 Å². The van der Waals surface area contributed by atoms with Gasteiger partial charge in [0.2, 0.25) is 0 Å². The number of thiazole rings is 1. The molecule has 5 unspecified atom stereocenters. The van der Waals surface area contributed by atoms with Crippen LogP contribution in [0.15, 0.2) is 43.9 Å². The first-order chi connectivity index (χ1) is 14.9. The summed E-state index contributed by atoms with van der Waals surface area (Å²) in [7, 11) is 0. The second-order valence-corrected chi connectivity index (χ2v) is 9.58. The maximum atomic E-state index is 11.4. The molecule has 0 bridgehead atoms. The maximum Gasteiger partial charge on any atom is 0.304 e. The molecule has 1 aromatic carbocycles. The average Bonchev–Trinajstić information content (AvgIpc) is 3.39. The Bertz CT molecular complexity index is 1170. The molecule has 13 heteroatoms. The molecule has 3 heterocycles. The zero-order valence-corrected chi connectivity index (χ0v) is 18.8. The Kier molecular flexibility index (Phi) is 6.58. The Morgan fingerprint density at radius 2 is 2.19 bits per heavy atom. The molecule has 1 aliphatic heterocycles. The molecule has 10 nitrogen and oxygen atoms in total. The first kappa shape index (κ1) is 22.2. The van der Waals surface area contributed by atoms with Crippen molar-refractivity contribution >= 4 is 39.0 Å². The lowest BCUT2D eigenvalue weighted by atomic mass is 9.97. The second kappa shape index (κ2) is 9.21. The first-order valence-electron chi connectivity index (χ1n) is 9.00. The van der Waals surface area contributed by atoms with Crippen LogP contribution >= 0.6 is 39.0 Å². The summed E-state index contributed by atoms with van der Waals surface area (Å²) in [5.74, 6) is 0. The number of halogens is 1. The summed E-state index contributed by atoms with van der Waals surface area (Å²) < 4.78 is 7.65. The van der Waals surface area contributed by atoms with Gasteiger partial charge in [0.1, 0.15) is 41.6 Å². The fourth-order valence-electron chi connectivity index (χ4n) is 3.22. The molecule has 1 aliphatic rings. The minimum atomic E-state index is -1.25. The van der Waals surface area contributed by atoms with Crippen LogP contribution in [0.1, 0.15) is 11.6 Å². The van der Waals surface area contributed by atoms with Gasteiger partial charge in [0.25, 0.3) is 0 Å². The van der Waals surface area contributed by atoms with Gasteiger partial charge < -0.3 is 25.0 Å². The van der Waals surface area contributed by atoms with E-state index in [1.165, 1.54) is 22.6 Å². The van der Waals surface area contributed by atoms with Gasteiger partial charge in [-0.3, -0.25) is 4.79 Å². The number of H-pyrrole nitrogens is 1. The lowest BCUT2D eigenvalue weighted by molar-refractivity contribution is -0.178. The summed E-state index contributed by atoms with van der Waals surface area (Å²) in [4.78, 5) is 14.5. The van der Waals surface area contributed by atoms with E-state index in [1.807, 2.05) is 0 Å². The van der Waals surface area contributed by atoms with Crippen molar-refractivity contribution in [1.82, 2.24) is 20.0 Å². The van der Waals surface area contributed by atoms with E-state index in [0.29, 0.717) is 21.4 Å². The molecule has 31 heavy (non-hydrogen) atoms. The monoisotopic (exact) mass is 525 g/mol. The van der Waals surface area contributed by atoms with Crippen molar-refractivity contribution < 1.29 is 20.1 Å². The number of hydrogen-bond acceptors (Lipinski definition) is 10. The predicted octanol–water partition coefficient (Wildman–Crippen LogP) is 1.10. The summed E-state index contributed by atoms with van der Waals surface area (Å²) in [6.45, 7) is -0.460. The summed E-state index contributed by atoms with van der Waals surface area (Å²) >= 11 is 5.51. The van der Waals surface area contributed by atoms with Gasteiger partial charge in [-0.1, -0.05) is 28.3 Å². The summed E-state index contributed by atoms with van der Waals surface area (Å²) in [6, 6.07) is 6.20. The molecule has 162 valence electrons. The Morgan fingerprint density at radius 3 is 2.84 bits per heavy atom. The number of ether oxygens (including phenoxy) is 1. The smallest absolute Gasteiger partial charge is 0.304 e. The van der Waals surface area contributed by atoms with Gasteiger partial charge in [-0.05, 0) is 34.1 Å². The zero-order valence-electron chi connectivity index (χ0n) is 15.6. The lowest BCUT2D eigenvalue weighted by Gasteiger charge is -2.41. The van der Waals surface area contributed by atoms with E-state index in [-0.39, 0.29) is 4.87 Å². The average molecular weight is 526 g/mol. The molecular formula is C18H16BrN5O5S2. The highest BCUT2D eigenvalue weighted by atomic mass is 79.9. The fourth-order valence-corrected chi connectivity index (χ4v) is 5.52. The van der Waals surface area contributed by atoms with Gasteiger partial charge in [0.15, 0.2) is 0 Å². The van der Waals surface area contributed by atoms with Gasteiger partial charge in [0.05, 0.1) is 24.1 Å². The summed E-state index contributed by atoms with van der Waals surface area (Å²) in [5, 5.41) is 50.1. The number of nitrogens with zero attached hydrogens (tertiary/aromatic N) is 4. The molecule has 0 amide bonds. The van der Waals surface area contributed by atoms with Gasteiger partial charge in [-0.2, -0.15) is 5.26 Å². The van der Waals surface area contributed by atoms with Gasteiger partial charge in [-0.15, -0.1) is 5.10 Å². The van der Waals surface area contributed by atoms with Crippen molar-refractivity contribution in [2.45, 2.75) is 34.7 Å². The predicted molar refractivity (Wildman–Crippen MR) is 115 cm³/mol. The summed E-state index contributed by atoms with van der Waals surface area (Å²) in [5.41, 5.74) is 0.492. The third kappa shape index (κ3) is 4.46. The summed E-state index contributed by atoms with van der Waals surface area (Å²) in [6.07, 6.45) is -1.90. The number of hydrogen-bond donors (Lipinski definition) is 4. The third-order valence-corrected chi connectivity index (χ3v) is 7.25. The van der Waals surface area contributed by atoms with E-state index in [2.05, 4.69) is 37.3 Å². The highest BCUT2D eigenvalue weighted by Gasteiger charge is 2.46. The lowest BCUT2D eigenvalue weighted by Crippen LogP contribution is -2.55. The van der Waals surface area contributed by atoms with Crippen molar-refractivity contribution in [2.24, 2.45) is 0 Å². The first-order valence-corrected chi connectivity index (χ1v) is 11.5. The Hall–Kier alpha value is -2.05. The van der Waals surface area contributed by atoms with E-state index in [9.17, 15) is 20.1 Å². The van der Waals surface area contributed by atoms with E-state index >= 15 is 0 Å². The van der Waals surface area contributed by atoms with Crippen molar-refractivity contribution in [3.8, 4) is 17.5 Å². The van der Waals surface area contributed by atoms with Gasteiger partial charge >= 0.3 is 4.87 Å². The van der Waals surface area contributed by atoms with Crippen LogP contribution in [0.3, 0.4) is 0 Å². The molecule has 0 saturated carbocycles. The number of benzene rings is 1. The molecule has 5 atom stereocenters. The highest BCUT2D eigenvalue weighted by molar-refractivity contribution is 9.10. The molecule has 4 N–H and O–H groups in total. The SMILES string of the molecule is N#Cc1ccc(SC2OC(CO)C(O)C(n3cc(-c4csc(=O)[nH]4)nn3)C2O)cc1Br. The number of aromatic nitrogens is 4. The quantitative estimate of drug-likeness (QED) is 0.382. The topological polar surface area (TPSA) is 157 Å². The third-order valence-electron chi connectivity index (χ3n) is 4.77. The van der Waals surface area contributed by atoms with E-state index < -0.39 is 36.4 Å². The van der Waals surface area contributed by atoms with Crippen LogP contribution in [0.2, 0.25) is 0 Å². The zero-order chi connectivity index (χ0) is 22.1. The van der Waals surface area contributed by atoms with Crippen molar-refractivity contribution in [3.63, 3.8) is 0 Å². The number of aliphatic hydroxyl groups is 3. The fraction of sp³-hybridized carbons (Fsp3) is 0.333. The van der Waals surface area contributed by atoms with Crippen LogP contribution in [0, 0.1) is 11.3 Å². The number of nitrogens with one attached hydrogen (secondary N) is 1. The van der Waals surface area contributed by atoms with E-state index in [4.69, 9.17) is 10.00 Å². The molecule has 0 radical (unpaired) electrons. The van der Waals surface area contributed by atoms with Crippen LogP contribution < -0.4 is 4.87 Å². The van der Waals surface area contributed by atoms with Crippen molar-refractivity contribution in [2.75, 3.05) is 6.61 Å².